The highest BCUT2D eigenvalue weighted by atomic mass is 32.2. The van der Waals surface area contributed by atoms with Gasteiger partial charge in [-0.1, -0.05) is 0 Å². The van der Waals surface area contributed by atoms with Crippen LogP contribution in [0.15, 0.2) is 6.07 Å². The standard InChI is InChI=1S/C9H15N3O2S/c10-9-6-8(11-12-9)5-7-1-3-15(13,14)4-2-7/h6-7H,1-5H2,(H3,10,11,12). The maximum atomic E-state index is 11.2. The van der Waals surface area contributed by atoms with Gasteiger partial charge in [0.1, 0.15) is 15.7 Å². The Kier molecular flexibility index (Phi) is 2.68. The van der Waals surface area contributed by atoms with Gasteiger partial charge in [-0.25, -0.2) is 8.42 Å². The summed E-state index contributed by atoms with van der Waals surface area (Å²) in [5.41, 5.74) is 6.49. The van der Waals surface area contributed by atoms with Crippen LogP contribution in [0, 0.1) is 5.92 Å². The van der Waals surface area contributed by atoms with E-state index in [1.165, 1.54) is 0 Å². The average Bonchev–Trinajstić information content (AvgIpc) is 2.55. The molecule has 0 spiro atoms. The van der Waals surface area contributed by atoms with E-state index in [0.29, 0.717) is 23.2 Å². The number of nitrogens with zero attached hydrogens (tertiary/aromatic N) is 1. The Morgan fingerprint density at radius 2 is 2.13 bits per heavy atom. The quantitative estimate of drug-likeness (QED) is 0.766. The van der Waals surface area contributed by atoms with Crippen molar-refractivity contribution in [2.24, 2.45) is 5.92 Å². The number of nitrogens with two attached hydrogens (primary N) is 1. The lowest BCUT2D eigenvalue weighted by molar-refractivity contribution is 0.458. The van der Waals surface area contributed by atoms with E-state index in [1.54, 1.807) is 0 Å². The van der Waals surface area contributed by atoms with Crippen LogP contribution >= 0.6 is 0 Å². The molecule has 1 aromatic rings. The molecule has 5 nitrogen and oxygen atoms in total. The van der Waals surface area contributed by atoms with Crippen molar-refractivity contribution < 1.29 is 8.42 Å². The van der Waals surface area contributed by atoms with Gasteiger partial charge in [0, 0.05) is 11.8 Å². The molecule has 1 aromatic heterocycles. The van der Waals surface area contributed by atoms with Crippen molar-refractivity contribution >= 4 is 15.7 Å². The molecule has 3 N–H and O–H groups in total. The molecule has 0 aliphatic carbocycles. The molecular weight excluding hydrogens is 214 g/mol. The van der Waals surface area contributed by atoms with E-state index >= 15 is 0 Å². The molecular formula is C9H15N3O2S. The van der Waals surface area contributed by atoms with Crippen molar-refractivity contribution in [3.8, 4) is 0 Å². The minimum absolute atomic E-state index is 0.321. The molecule has 1 aliphatic heterocycles. The second kappa shape index (κ2) is 3.84. The number of aromatic nitrogens is 2. The molecule has 2 rings (SSSR count). The first-order chi connectivity index (χ1) is 7.05. The molecule has 0 radical (unpaired) electrons. The second-order valence-corrected chi connectivity index (χ2v) is 6.42. The predicted octanol–water partition coefficient (Wildman–Crippen LogP) is 0.359. The number of H-pyrrole nitrogens is 1. The fraction of sp³-hybridized carbons (Fsp3) is 0.667. The van der Waals surface area contributed by atoms with Crippen LogP contribution in [0.5, 0.6) is 0 Å². The first-order valence-electron chi connectivity index (χ1n) is 5.05. The highest BCUT2D eigenvalue weighted by molar-refractivity contribution is 7.91. The second-order valence-electron chi connectivity index (χ2n) is 4.12. The molecule has 1 saturated heterocycles. The number of rotatable bonds is 2. The normalized spacial score (nSPS) is 21.6. The van der Waals surface area contributed by atoms with Gasteiger partial charge in [-0.15, -0.1) is 0 Å². The van der Waals surface area contributed by atoms with Gasteiger partial charge in [-0.2, -0.15) is 5.10 Å². The summed E-state index contributed by atoms with van der Waals surface area (Å²) in [6.07, 6.45) is 2.35. The molecule has 2 heterocycles. The number of hydrogen-bond donors (Lipinski definition) is 2. The van der Waals surface area contributed by atoms with E-state index in [1.807, 2.05) is 6.07 Å². The molecule has 0 bridgehead atoms. The van der Waals surface area contributed by atoms with Crippen molar-refractivity contribution in [1.29, 1.82) is 0 Å². The predicted molar refractivity (Wildman–Crippen MR) is 58.1 cm³/mol. The molecule has 1 fully saturated rings. The zero-order chi connectivity index (χ0) is 10.9. The maximum absolute atomic E-state index is 11.2. The van der Waals surface area contributed by atoms with Gasteiger partial charge in [-0.3, -0.25) is 5.10 Å². The Labute approximate surface area is 89.0 Å². The summed E-state index contributed by atoms with van der Waals surface area (Å²) in [5, 5.41) is 6.69. The molecule has 84 valence electrons. The number of aromatic amines is 1. The van der Waals surface area contributed by atoms with Crippen molar-refractivity contribution in [1.82, 2.24) is 10.2 Å². The zero-order valence-corrected chi connectivity index (χ0v) is 9.26. The summed E-state index contributed by atoms with van der Waals surface area (Å²) in [6, 6.07) is 1.81. The third kappa shape index (κ3) is 2.71. The van der Waals surface area contributed by atoms with E-state index in [0.717, 1.165) is 25.0 Å². The van der Waals surface area contributed by atoms with Gasteiger partial charge in [0.2, 0.25) is 0 Å². The topological polar surface area (TPSA) is 88.8 Å². The Bertz CT molecular complexity index is 424. The first kappa shape index (κ1) is 10.5. The van der Waals surface area contributed by atoms with Crippen molar-refractivity contribution in [3.63, 3.8) is 0 Å². The smallest absolute Gasteiger partial charge is 0.150 e. The van der Waals surface area contributed by atoms with Crippen LogP contribution in [0.4, 0.5) is 5.82 Å². The summed E-state index contributed by atoms with van der Waals surface area (Å²) in [6.45, 7) is 0. The van der Waals surface area contributed by atoms with E-state index in [2.05, 4.69) is 10.2 Å². The zero-order valence-electron chi connectivity index (χ0n) is 8.44. The van der Waals surface area contributed by atoms with Crippen LogP contribution in [-0.2, 0) is 16.3 Å². The molecule has 6 heteroatoms. The third-order valence-corrected chi connectivity index (χ3v) is 4.55. The summed E-state index contributed by atoms with van der Waals surface area (Å²) < 4.78 is 22.4. The van der Waals surface area contributed by atoms with Gasteiger partial charge >= 0.3 is 0 Å². The number of nitrogen functional groups attached to an aromatic ring is 1. The summed E-state index contributed by atoms with van der Waals surface area (Å²) in [5.74, 6) is 1.57. The number of sulfone groups is 1. The fourth-order valence-corrected chi connectivity index (χ4v) is 3.53. The average molecular weight is 229 g/mol. The van der Waals surface area contributed by atoms with Gasteiger partial charge in [0.05, 0.1) is 11.5 Å². The largest absolute Gasteiger partial charge is 0.382 e. The van der Waals surface area contributed by atoms with Gasteiger partial charge in [-0.05, 0) is 25.2 Å². The molecule has 15 heavy (non-hydrogen) atoms. The molecule has 0 atom stereocenters. The molecule has 0 saturated carbocycles. The van der Waals surface area contributed by atoms with Crippen LogP contribution in [0.25, 0.3) is 0 Å². The summed E-state index contributed by atoms with van der Waals surface area (Å²) in [7, 11) is -2.75. The number of anilines is 1. The van der Waals surface area contributed by atoms with Crippen molar-refractivity contribution in [2.45, 2.75) is 19.3 Å². The molecule has 0 aromatic carbocycles. The number of hydrogen-bond acceptors (Lipinski definition) is 4. The lowest BCUT2D eigenvalue weighted by Crippen LogP contribution is -2.24. The van der Waals surface area contributed by atoms with Gasteiger partial charge < -0.3 is 5.73 Å². The SMILES string of the molecule is Nc1cc(CC2CCS(=O)(=O)CC2)[nH]n1. The Morgan fingerprint density at radius 1 is 1.47 bits per heavy atom. The van der Waals surface area contributed by atoms with Crippen LogP contribution in [-0.4, -0.2) is 30.1 Å². The highest BCUT2D eigenvalue weighted by Crippen LogP contribution is 2.22. The van der Waals surface area contributed by atoms with Crippen LogP contribution in [0.1, 0.15) is 18.5 Å². The lowest BCUT2D eigenvalue weighted by atomic mass is 9.97. The third-order valence-electron chi connectivity index (χ3n) is 2.83. The monoisotopic (exact) mass is 229 g/mol. The van der Waals surface area contributed by atoms with E-state index in [-0.39, 0.29) is 0 Å². The Hall–Kier alpha value is -1.04. The van der Waals surface area contributed by atoms with Gasteiger partial charge in [0.25, 0.3) is 0 Å². The fourth-order valence-electron chi connectivity index (χ4n) is 1.94. The van der Waals surface area contributed by atoms with Crippen molar-refractivity contribution in [2.75, 3.05) is 17.2 Å². The summed E-state index contributed by atoms with van der Waals surface area (Å²) >= 11 is 0. The Morgan fingerprint density at radius 3 is 2.67 bits per heavy atom. The van der Waals surface area contributed by atoms with E-state index in [9.17, 15) is 8.42 Å². The lowest BCUT2D eigenvalue weighted by Gasteiger charge is -2.20. The minimum atomic E-state index is -2.75. The molecule has 0 unspecified atom stereocenters. The van der Waals surface area contributed by atoms with Crippen LogP contribution in [0.2, 0.25) is 0 Å². The van der Waals surface area contributed by atoms with Crippen LogP contribution in [0.3, 0.4) is 0 Å². The number of nitrogens with one attached hydrogen (secondary N) is 1. The summed E-state index contributed by atoms with van der Waals surface area (Å²) in [4.78, 5) is 0. The minimum Gasteiger partial charge on any atom is -0.382 e. The maximum Gasteiger partial charge on any atom is 0.150 e. The molecule has 0 amide bonds. The highest BCUT2D eigenvalue weighted by Gasteiger charge is 2.23. The van der Waals surface area contributed by atoms with Gasteiger partial charge in [0.15, 0.2) is 0 Å². The first-order valence-corrected chi connectivity index (χ1v) is 6.87. The van der Waals surface area contributed by atoms with E-state index < -0.39 is 9.84 Å². The Balaban J connectivity index is 1.92. The van der Waals surface area contributed by atoms with Crippen LogP contribution < -0.4 is 5.73 Å². The van der Waals surface area contributed by atoms with E-state index in [4.69, 9.17) is 5.73 Å². The molecule has 1 aliphatic rings. The van der Waals surface area contributed by atoms with Crippen molar-refractivity contribution in [3.05, 3.63) is 11.8 Å².